The lowest BCUT2D eigenvalue weighted by Crippen LogP contribution is -2.01. The van der Waals surface area contributed by atoms with Crippen LogP contribution in [0.4, 0.5) is 5.82 Å². The Balaban J connectivity index is 2.65. The molecule has 2 rings (SSSR count). The molecular weight excluding hydrogens is 286 g/mol. The highest BCUT2D eigenvalue weighted by atomic mass is 32.2. The molecule has 108 valence electrons. The molecule has 2 aromatic rings. The van der Waals surface area contributed by atoms with Gasteiger partial charge in [0.25, 0.3) is 0 Å². The van der Waals surface area contributed by atoms with Gasteiger partial charge in [-0.1, -0.05) is 11.8 Å². The van der Waals surface area contributed by atoms with Gasteiger partial charge in [0, 0.05) is 22.8 Å². The van der Waals surface area contributed by atoms with Crippen molar-refractivity contribution in [2.75, 3.05) is 12.0 Å². The van der Waals surface area contributed by atoms with Crippen molar-refractivity contribution in [2.24, 2.45) is 0 Å². The number of nitrogens with zero attached hydrogens (tertiary/aromatic N) is 2. The van der Waals surface area contributed by atoms with Gasteiger partial charge in [-0.15, -0.1) is 0 Å². The predicted octanol–water partition coefficient (Wildman–Crippen LogP) is 2.85. The standard InChI is InChI=1S/C15H15N3O2S/c1-8(19)10-4-11(9(2)20)6-12(5-10)13-7-14(16)18-15(17-13)21-3/h4-7H,1-3H3,(H2,16,17,18). The van der Waals surface area contributed by atoms with Crippen LogP contribution in [0.3, 0.4) is 0 Å². The van der Waals surface area contributed by atoms with Crippen molar-refractivity contribution in [1.82, 2.24) is 9.97 Å². The minimum absolute atomic E-state index is 0.105. The van der Waals surface area contributed by atoms with E-state index in [2.05, 4.69) is 9.97 Å². The Labute approximate surface area is 127 Å². The van der Waals surface area contributed by atoms with E-state index in [4.69, 9.17) is 5.73 Å². The maximum atomic E-state index is 11.6. The van der Waals surface area contributed by atoms with Crippen LogP contribution in [-0.2, 0) is 0 Å². The van der Waals surface area contributed by atoms with E-state index in [1.165, 1.54) is 25.6 Å². The van der Waals surface area contributed by atoms with Gasteiger partial charge in [-0.25, -0.2) is 9.97 Å². The second kappa shape index (κ2) is 6.05. The lowest BCUT2D eigenvalue weighted by molar-refractivity contribution is 0.101. The molecule has 5 nitrogen and oxygen atoms in total. The van der Waals surface area contributed by atoms with E-state index in [9.17, 15) is 9.59 Å². The number of ketones is 2. The van der Waals surface area contributed by atoms with Crippen LogP contribution in [0.25, 0.3) is 11.3 Å². The number of carbonyl (C=O) groups excluding carboxylic acids is 2. The van der Waals surface area contributed by atoms with Crippen LogP contribution in [0, 0.1) is 0 Å². The molecule has 0 aliphatic heterocycles. The predicted molar refractivity (Wildman–Crippen MR) is 83.7 cm³/mol. The number of rotatable bonds is 4. The molecule has 1 aromatic heterocycles. The number of thioether (sulfide) groups is 1. The zero-order valence-electron chi connectivity index (χ0n) is 12.0. The van der Waals surface area contributed by atoms with E-state index >= 15 is 0 Å². The van der Waals surface area contributed by atoms with Gasteiger partial charge in [-0.3, -0.25) is 9.59 Å². The summed E-state index contributed by atoms with van der Waals surface area (Å²) in [6, 6.07) is 6.64. The zero-order valence-corrected chi connectivity index (χ0v) is 12.8. The third-order valence-corrected chi connectivity index (χ3v) is 3.50. The van der Waals surface area contributed by atoms with Gasteiger partial charge >= 0.3 is 0 Å². The van der Waals surface area contributed by atoms with Crippen LogP contribution in [0.1, 0.15) is 34.6 Å². The third kappa shape index (κ3) is 3.46. The van der Waals surface area contributed by atoms with Crippen molar-refractivity contribution in [2.45, 2.75) is 19.0 Å². The number of nitrogen functional groups attached to an aromatic ring is 1. The topological polar surface area (TPSA) is 85.9 Å². The number of hydrogen-bond acceptors (Lipinski definition) is 6. The van der Waals surface area contributed by atoms with E-state index in [0.717, 1.165) is 0 Å². The molecule has 0 bridgehead atoms. The van der Waals surface area contributed by atoms with Gasteiger partial charge in [-0.05, 0) is 38.3 Å². The first-order valence-corrected chi connectivity index (χ1v) is 7.49. The molecule has 0 radical (unpaired) electrons. The van der Waals surface area contributed by atoms with Gasteiger partial charge in [-0.2, -0.15) is 0 Å². The Morgan fingerprint density at radius 1 is 1.00 bits per heavy atom. The van der Waals surface area contributed by atoms with Gasteiger partial charge in [0.05, 0.1) is 5.69 Å². The smallest absolute Gasteiger partial charge is 0.189 e. The zero-order chi connectivity index (χ0) is 15.6. The summed E-state index contributed by atoms with van der Waals surface area (Å²) in [6.45, 7) is 2.93. The first-order valence-electron chi connectivity index (χ1n) is 6.26. The lowest BCUT2D eigenvalue weighted by Gasteiger charge is -2.08. The first-order chi connectivity index (χ1) is 9.90. The largest absolute Gasteiger partial charge is 0.384 e. The summed E-state index contributed by atoms with van der Waals surface area (Å²) in [6.07, 6.45) is 1.85. The molecule has 0 fully saturated rings. The SMILES string of the molecule is CSc1nc(N)cc(-c2cc(C(C)=O)cc(C(C)=O)c2)n1. The molecule has 21 heavy (non-hydrogen) atoms. The number of Topliss-reactive ketones (excluding diaryl/α,β-unsaturated/α-hetero) is 2. The van der Waals surface area contributed by atoms with Gasteiger partial charge in [0.2, 0.25) is 0 Å². The average Bonchev–Trinajstić information content (AvgIpc) is 2.45. The van der Waals surface area contributed by atoms with Gasteiger partial charge < -0.3 is 5.73 Å². The fourth-order valence-corrected chi connectivity index (χ4v) is 2.25. The molecule has 0 saturated heterocycles. The van der Waals surface area contributed by atoms with Crippen LogP contribution >= 0.6 is 11.8 Å². The molecule has 0 spiro atoms. The highest BCUT2D eigenvalue weighted by Crippen LogP contribution is 2.24. The quantitative estimate of drug-likeness (QED) is 0.531. The maximum Gasteiger partial charge on any atom is 0.189 e. The van der Waals surface area contributed by atoms with E-state index in [0.29, 0.717) is 33.4 Å². The highest BCUT2D eigenvalue weighted by Gasteiger charge is 2.11. The van der Waals surface area contributed by atoms with Gasteiger partial charge in [0.15, 0.2) is 16.7 Å². The van der Waals surface area contributed by atoms with Crippen LogP contribution in [0.2, 0.25) is 0 Å². The van der Waals surface area contributed by atoms with E-state index in [1.807, 2.05) is 6.26 Å². The second-order valence-electron chi connectivity index (χ2n) is 4.58. The van der Waals surface area contributed by atoms with Crippen molar-refractivity contribution in [3.63, 3.8) is 0 Å². The van der Waals surface area contributed by atoms with Crippen LogP contribution in [0.5, 0.6) is 0 Å². The molecule has 0 amide bonds. The normalized spacial score (nSPS) is 10.4. The monoisotopic (exact) mass is 301 g/mol. The molecule has 0 aliphatic carbocycles. The van der Waals surface area contributed by atoms with Gasteiger partial charge in [0.1, 0.15) is 5.82 Å². The molecule has 1 heterocycles. The molecule has 0 atom stereocenters. The minimum atomic E-state index is -0.105. The summed E-state index contributed by atoms with van der Waals surface area (Å²) in [7, 11) is 0. The Bertz CT molecular complexity index is 697. The Hall–Kier alpha value is -2.21. The van der Waals surface area contributed by atoms with Crippen molar-refractivity contribution in [3.05, 3.63) is 35.4 Å². The van der Waals surface area contributed by atoms with E-state index in [1.54, 1.807) is 24.3 Å². The molecule has 0 saturated carbocycles. The number of carbonyl (C=O) groups is 2. The Morgan fingerprint density at radius 3 is 2.05 bits per heavy atom. The molecule has 6 heteroatoms. The van der Waals surface area contributed by atoms with Crippen LogP contribution in [0.15, 0.2) is 29.4 Å². The molecule has 2 N–H and O–H groups in total. The van der Waals surface area contributed by atoms with Crippen molar-refractivity contribution in [1.29, 1.82) is 0 Å². The summed E-state index contributed by atoms with van der Waals surface area (Å²) in [4.78, 5) is 31.7. The lowest BCUT2D eigenvalue weighted by atomic mass is 9.99. The summed E-state index contributed by atoms with van der Waals surface area (Å²) < 4.78 is 0. The number of benzene rings is 1. The fourth-order valence-electron chi connectivity index (χ4n) is 1.86. The number of nitrogens with two attached hydrogens (primary N) is 1. The van der Waals surface area contributed by atoms with Crippen LogP contribution in [-0.4, -0.2) is 27.8 Å². The molecule has 0 aliphatic rings. The first kappa shape index (κ1) is 15.2. The van der Waals surface area contributed by atoms with Crippen molar-refractivity contribution in [3.8, 4) is 11.3 Å². The minimum Gasteiger partial charge on any atom is -0.384 e. The summed E-state index contributed by atoms with van der Waals surface area (Å²) >= 11 is 1.38. The summed E-state index contributed by atoms with van der Waals surface area (Å²) in [5.41, 5.74) is 7.99. The van der Waals surface area contributed by atoms with E-state index in [-0.39, 0.29) is 11.6 Å². The fraction of sp³-hybridized carbons (Fsp3) is 0.200. The van der Waals surface area contributed by atoms with Crippen molar-refractivity contribution < 1.29 is 9.59 Å². The molecular formula is C15H15N3O2S. The average molecular weight is 301 g/mol. The highest BCUT2D eigenvalue weighted by molar-refractivity contribution is 7.98. The van der Waals surface area contributed by atoms with E-state index < -0.39 is 0 Å². The molecule has 1 aromatic carbocycles. The number of hydrogen-bond donors (Lipinski definition) is 1. The second-order valence-corrected chi connectivity index (χ2v) is 5.35. The third-order valence-electron chi connectivity index (χ3n) is 2.95. The number of aromatic nitrogens is 2. The Kier molecular flexibility index (Phi) is 4.37. The Morgan fingerprint density at radius 2 is 1.57 bits per heavy atom. The summed E-state index contributed by atoms with van der Waals surface area (Å²) in [5.74, 6) is 0.139. The number of anilines is 1. The van der Waals surface area contributed by atoms with Crippen molar-refractivity contribution >= 4 is 29.1 Å². The van der Waals surface area contributed by atoms with Crippen LogP contribution < -0.4 is 5.73 Å². The molecule has 0 unspecified atom stereocenters. The summed E-state index contributed by atoms with van der Waals surface area (Å²) in [5, 5.41) is 0.544. The maximum absolute atomic E-state index is 11.6.